The Labute approximate surface area is 151 Å². The van der Waals surface area contributed by atoms with Crippen molar-refractivity contribution >= 4 is 27.3 Å². The highest BCUT2D eigenvalue weighted by molar-refractivity contribution is 7.89. The van der Waals surface area contributed by atoms with Gasteiger partial charge in [0.05, 0.1) is 22.2 Å². The summed E-state index contributed by atoms with van der Waals surface area (Å²) in [5.41, 5.74) is 6.89. The Morgan fingerprint density at radius 3 is 2.24 bits per heavy atom. The Morgan fingerprint density at radius 2 is 1.76 bits per heavy atom. The highest BCUT2D eigenvalue weighted by Gasteiger charge is 2.24. The minimum absolute atomic E-state index is 0.154. The zero-order valence-electron chi connectivity index (χ0n) is 15.7. The van der Waals surface area contributed by atoms with E-state index in [1.807, 2.05) is 6.92 Å². The third-order valence-electron chi connectivity index (χ3n) is 4.16. The minimum Gasteiger partial charge on any atom is -0.384 e. The second-order valence-corrected chi connectivity index (χ2v) is 7.90. The van der Waals surface area contributed by atoms with Crippen molar-refractivity contribution in [3.8, 4) is 0 Å². The predicted molar refractivity (Wildman–Crippen MR) is 102 cm³/mol. The average Bonchev–Trinajstić information content (AvgIpc) is 2.56. The summed E-state index contributed by atoms with van der Waals surface area (Å²) in [6.07, 6.45) is 0. The summed E-state index contributed by atoms with van der Waals surface area (Å²) in [5.74, 6) is -0.635. The van der Waals surface area contributed by atoms with E-state index in [1.165, 1.54) is 10.4 Å². The van der Waals surface area contributed by atoms with Gasteiger partial charge < -0.3 is 16.4 Å². The number of nitrogens with zero attached hydrogens (tertiary/aromatic N) is 1. The van der Waals surface area contributed by atoms with Gasteiger partial charge in [-0.15, -0.1) is 0 Å². The maximum atomic E-state index is 12.7. The normalized spacial score (nSPS) is 14.2. The van der Waals surface area contributed by atoms with E-state index in [9.17, 15) is 13.2 Å². The largest absolute Gasteiger partial charge is 0.384 e. The smallest absolute Gasteiger partial charge is 0.243 e. The molecule has 0 fully saturated rings. The van der Waals surface area contributed by atoms with Crippen LogP contribution < -0.4 is 16.4 Å². The van der Waals surface area contributed by atoms with Crippen molar-refractivity contribution in [1.29, 1.82) is 0 Å². The molecule has 2 atom stereocenters. The molecule has 0 aliphatic carbocycles. The molecule has 1 rings (SSSR count). The van der Waals surface area contributed by atoms with Crippen LogP contribution in [0.2, 0.25) is 0 Å². The predicted octanol–water partition coefficient (Wildman–Crippen LogP) is 2.07. The van der Waals surface area contributed by atoms with Gasteiger partial charge in [-0.3, -0.25) is 4.79 Å². The van der Waals surface area contributed by atoms with Crippen LogP contribution in [0.1, 0.15) is 34.6 Å². The van der Waals surface area contributed by atoms with E-state index in [2.05, 4.69) is 10.6 Å². The third-order valence-corrected chi connectivity index (χ3v) is 6.21. The average molecular weight is 371 g/mol. The Balaban J connectivity index is 3.28. The lowest BCUT2D eigenvalue weighted by atomic mass is 10.0. The van der Waals surface area contributed by atoms with Crippen LogP contribution in [0.4, 0.5) is 11.4 Å². The molecule has 1 amide bonds. The Hall–Kier alpha value is -1.64. The lowest BCUT2D eigenvalue weighted by Crippen LogP contribution is -2.34. The Bertz CT molecular complexity index is 685. The zero-order valence-corrected chi connectivity index (χ0v) is 16.5. The van der Waals surface area contributed by atoms with E-state index in [0.717, 1.165) is 0 Å². The number of hydrogen-bond acceptors (Lipinski definition) is 5. The van der Waals surface area contributed by atoms with Gasteiger partial charge in [0.2, 0.25) is 15.9 Å². The highest BCUT2D eigenvalue weighted by atomic mass is 32.2. The van der Waals surface area contributed by atoms with Crippen molar-refractivity contribution in [3.05, 3.63) is 18.2 Å². The molecule has 1 aromatic carbocycles. The summed E-state index contributed by atoms with van der Waals surface area (Å²) in [6.45, 7) is 10.4. The molecule has 142 valence electrons. The first-order chi connectivity index (χ1) is 11.7. The number of anilines is 2. The number of carbonyl (C=O) groups is 1. The topological polar surface area (TPSA) is 105 Å². The summed E-state index contributed by atoms with van der Waals surface area (Å²) in [7, 11) is -3.60. The van der Waals surface area contributed by atoms with Crippen molar-refractivity contribution in [3.63, 3.8) is 0 Å². The number of amides is 1. The number of nitrogens with one attached hydrogen (secondary N) is 2. The second-order valence-electron chi connectivity index (χ2n) is 5.96. The molecule has 0 spiro atoms. The molecule has 0 saturated heterocycles. The molecule has 25 heavy (non-hydrogen) atoms. The molecular weight excluding hydrogens is 340 g/mol. The summed E-state index contributed by atoms with van der Waals surface area (Å²) >= 11 is 0. The third kappa shape index (κ3) is 5.17. The first kappa shape index (κ1) is 21.4. The summed E-state index contributed by atoms with van der Waals surface area (Å²) < 4.78 is 26.8. The fraction of sp³-hybridized carbons (Fsp3) is 0.588. The maximum absolute atomic E-state index is 12.7. The summed E-state index contributed by atoms with van der Waals surface area (Å²) in [5, 5.41) is 5.93. The van der Waals surface area contributed by atoms with Crippen molar-refractivity contribution in [1.82, 2.24) is 4.31 Å². The Morgan fingerprint density at radius 1 is 1.16 bits per heavy atom. The number of sulfonamides is 1. The standard InChI is InChI=1S/C17H30N4O3S/c1-6-19-15-10-9-14(25(23,24)21(7-2)8-3)11-16(15)20-17(22)12(4)13(5)18/h9-13,19H,6-8,18H2,1-5H3,(H,20,22). The quantitative estimate of drug-likeness (QED) is 0.617. The molecule has 0 heterocycles. The molecule has 0 aromatic heterocycles. The second kappa shape index (κ2) is 9.17. The number of benzene rings is 1. The van der Waals surface area contributed by atoms with E-state index in [4.69, 9.17) is 5.73 Å². The summed E-state index contributed by atoms with van der Waals surface area (Å²) in [6, 6.07) is 4.42. The van der Waals surface area contributed by atoms with Gasteiger partial charge in [0, 0.05) is 25.7 Å². The molecule has 0 radical (unpaired) electrons. The molecular formula is C17H30N4O3S. The van der Waals surface area contributed by atoms with Gasteiger partial charge in [-0.25, -0.2) is 8.42 Å². The van der Waals surface area contributed by atoms with E-state index in [-0.39, 0.29) is 16.8 Å². The molecule has 0 aliphatic rings. The molecule has 4 N–H and O–H groups in total. The van der Waals surface area contributed by atoms with Gasteiger partial charge in [0.15, 0.2) is 0 Å². The van der Waals surface area contributed by atoms with E-state index >= 15 is 0 Å². The van der Waals surface area contributed by atoms with Crippen molar-refractivity contribution in [2.45, 2.75) is 45.6 Å². The van der Waals surface area contributed by atoms with Gasteiger partial charge in [-0.2, -0.15) is 4.31 Å². The van der Waals surface area contributed by atoms with Crippen LogP contribution >= 0.6 is 0 Å². The van der Waals surface area contributed by atoms with Gasteiger partial charge in [-0.1, -0.05) is 20.8 Å². The molecule has 1 aromatic rings. The number of carbonyl (C=O) groups excluding carboxylic acids is 1. The van der Waals surface area contributed by atoms with Crippen LogP contribution in [-0.4, -0.2) is 44.3 Å². The van der Waals surface area contributed by atoms with Gasteiger partial charge in [-0.05, 0) is 32.0 Å². The van der Waals surface area contributed by atoms with E-state index in [0.29, 0.717) is 31.0 Å². The first-order valence-corrected chi connectivity index (χ1v) is 10.1. The van der Waals surface area contributed by atoms with E-state index < -0.39 is 15.9 Å². The fourth-order valence-electron chi connectivity index (χ4n) is 2.33. The van der Waals surface area contributed by atoms with Crippen LogP contribution in [-0.2, 0) is 14.8 Å². The minimum atomic E-state index is -3.60. The fourth-order valence-corrected chi connectivity index (χ4v) is 3.81. The number of rotatable bonds is 9. The SMILES string of the molecule is CCNc1ccc(S(=O)(=O)N(CC)CC)cc1NC(=O)C(C)C(C)N. The van der Waals surface area contributed by atoms with Crippen molar-refractivity contribution in [2.75, 3.05) is 30.3 Å². The van der Waals surface area contributed by atoms with Crippen LogP contribution in [0.5, 0.6) is 0 Å². The zero-order chi connectivity index (χ0) is 19.2. The first-order valence-electron chi connectivity index (χ1n) is 8.63. The van der Waals surface area contributed by atoms with E-state index in [1.54, 1.807) is 39.8 Å². The maximum Gasteiger partial charge on any atom is 0.243 e. The van der Waals surface area contributed by atoms with Gasteiger partial charge in [0.25, 0.3) is 0 Å². The molecule has 0 aliphatic heterocycles. The van der Waals surface area contributed by atoms with Gasteiger partial charge in [0.1, 0.15) is 0 Å². The molecule has 8 heteroatoms. The summed E-state index contributed by atoms with van der Waals surface area (Å²) in [4.78, 5) is 12.5. The van der Waals surface area contributed by atoms with Crippen LogP contribution in [0.3, 0.4) is 0 Å². The van der Waals surface area contributed by atoms with Gasteiger partial charge >= 0.3 is 0 Å². The molecule has 7 nitrogen and oxygen atoms in total. The van der Waals surface area contributed by atoms with Crippen LogP contribution in [0.15, 0.2) is 23.1 Å². The molecule has 0 saturated carbocycles. The van der Waals surface area contributed by atoms with Crippen molar-refractivity contribution < 1.29 is 13.2 Å². The molecule has 2 unspecified atom stereocenters. The monoisotopic (exact) mass is 370 g/mol. The lowest BCUT2D eigenvalue weighted by molar-refractivity contribution is -0.119. The van der Waals surface area contributed by atoms with Crippen LogP contribution in [0.25, 0.3) is 0 Å². The number of nitrogens with two attached hydrogens (primary N) is 1. The molecule has 0 bridgehead atoms. The lowest BCUT2D eigenvalue weighted by Gasteiger charge is -2.21. The number of hydrogen-bond donors (Lipinski definition) is 3. The van der Waals surface area contributed by atoms with Crippen molar-refractivity contribution in [2.24, 2.45) is 11.7 Å². The highest BCUT2D eigenvalue weighted by Crippen LogP contribution is 2.28. The Kier molecular flexibility index (Phi) is 7.85. The van der Waals surface area contributed by atoms with Crippen LogP contribution in [0, 0.1) is 5.92 Å².